The highest BCUT2D eigenvalue weighted by molar-refractivity contribution is 5.78. The number of carboxylic acid groups (broad SMARTS) is 1. The van der Waals surface area contributed by atoms with Crippen LogP contribution in [0.1, 0.15) is 47.0 Å². The van der Waals surface area contributed by atoms with Gasteiger partial charge in [-0.25, -0.2) is 4.79 Å². The second-order valence-corrected chi connectivity index (χ2v) is 6.45. The lowest BCUT2D eigenvalue weighted by Crippen LogP contribution is -2.46. The zero-order valence-corrected chi connectivity index (χ0v) is 12.4. The molecule has 0 bridgehead atoms. The van der Waals surface area contributed by atoms with Crippen molar-refractivity contribution in [2.24, 2.45) is 11.3 Å². The van der Waals surface area contributed by atoms with E-state index in [1.54, 1.807) is 13.8 Å². The molecule has 0 unspecified atom stereocenters. The molecule has 0 aliphatic heterocycles. The molecule has 0 aromatic rings. The summed E-state index contributed by atoms with van der Waals surface area (Å²) in [5.41, 5.74) is -0.928. The van der Waals surface area contributed by atoms with Crippen molar-refractivity contribution in [2.45, 2.75) is 53.0 Å². The van der Waals surface area contributed by atoms with Gasteiger partial charge >= 0.3 is 12.0 Å². The van der Waals surface area contributed by atoms with Crippen molar-refractivity contribution in [1.29, 1.82) is 0 Å². The Morgan fingerprint density at radius 2 is 1.95 bits per heavy atom. The summed E-state index contributed by atoms with van der Waals surface area (Å²) in [7, 11) is 0. The first-order valence-electron chi connectivity index (χ1n) is 7.02. The first-order valence-corrected chi connectivity index (χ1v) is 7.02. The van der Waals surface area contributed by atoms with Crippen molar-refractivity contribution in [2.75, 3.05) is 13.1 Å². The van der Waals surface area contributed by atoms with E-state index in [-0.39, 0.29) is 12.6 Å². The van der Waals surface area contributed by atoms with Gasteiger partial charge in [0.05, 0.1) is 5.41 Å². The summed E-state index contributed by atoms with van der Waals surface area (Å²) in [6, 6.07) is 0.226. The molecule has 0 heterocycles. The van der Waals surface area contributed by atoms with E-state index in [1.807, 2.05) is 4.90 Å². The lowest BCUT2D eigenvalue weighted by atomic mass is 9.94. The Hall–Kier alpha value is -1.26. The van der Waals surface area contributed by atoms with Crippen LogP contribution in [0.15, 0.2) is 0 Å². The normalized spacial score (nSPS) is 15.4. The Morgan fingerprint density at radius 1 is 1.37 bits per heavy atom. The highest BCUT2D eigenvalue weighted by Gasteiger charge is 2.34. The predicted octanol–water partition coefficient (Wildman–Crippen LogP) is 2.32. The number of urea groups is 1. The van der Waals surface area contributed by atoms with Crippen LogP contribution in [0.25, 0.3) is 0 Å². The number of hydrogen-bond donors (Lipinski definition) is 2. The number of aliphatic carboxylic acids is 1. The molecule has 0 aromatic heterocycles. The molecule has 0 spiro atoms. The third kappa shape index (κ3) is 5.09. The van der Waals surface area contributed by atoms with Crippen LogP contribution in [-0.4, -0.2) is 41.1 Å². The fourth-order valence-electron chi connectivity index (χ4n) is 1.71. The maximum absolute atomic E-state index is 12.1. The summed E-state index contributed by atoms with van der Waals surface area (Å²) < 4.78 is 0. The van der Waals surface area contributed by atoms with E-state index in [0.717, 1.165) is 25.8 Å². The van der Waals surface area contributed by atoms with Crippen molar-refractivity contribution in [3.8, 4) is 0 Å². The lowest BCUT2D eigenvalue weighted by molar-refractivity contribution is -0.146. The standard InChI is InChI=1S/C14H26N2O3/c1-10(2)7-8-16(11-5-6-11)13(19)15-9-14(3,4)12(17)18/h10-11H,5-9H2,1-4H3,(H,15,19)(H,17,18). The number of hydrogen-bond acceptors (Lipinski definition) is 2. The van der Waals surface area contributed by atoms with E-state index in [2.05, 4.69) is 19.2 Å². The van der Waals surface area contributed by atoms with Crippen LogP contribution in [-0.2, 0) is 4.79 Å². The molecule has 1 saturated carbocycles. The number of nitrogens with zero attached hydrogens (tertiary/aromatic N) is 1. The van der Waals surface area contributed by atoms with Gasteiger partial charge in [0, 0.05) is 19.1 Å². The average molecular weight is 270 g/mol. The monoisotopic (exact) mass is 270 g/mol. The van der Waals surface area contributed by atoms with Gasteiger partial charge in [0.2, 0.25) is 0 Å². The smallest absolute Gasteiger partial charge is 0.317 e. The summed E-state index contributed by atoms with van der Waals surface area (Å²) in [4.78, 5) is 25.0. The number of amides is 2. The van der Waals surface area contributed by atoms with Gasteiger partial charge < -0.3 is 15.3 Å². The van der Waals surface area contributed by atoms with Gasteiger partial charge in [-0.15, -0.1) is 0 Å². The third-order valence-electron chi connectivity index (χ3n) is 3.46. The van der Waals surface area contributed by atoms with Gasteiger partial charge in [-0.05, 0) is 39.0 Å². The van der Waals surface area contributed by atoms with E-state index >= 15 is 0 Å². The van der Waals surface area contributed by atoms with Crippen LogP contribution in [0.2, 0.25) is 0 Å². The van der Waals surface area contributed by atoms with Gasteiger partial charge in [-0.1, -0.05) is 13.8 Å². The molecular formula is C14H26N2O3. The molecule has 1 fully saturated rings. The maximum Gasteiger partial charge on any atom is 0.317 e. The average Bonchev–Trinajstić information content (AvgIpc) is 3.10. The molecule has 0 atom stereocenters. The van der Waals surface area contributed by atoms with Gasteiger partial charge in [-0.2, -0.15) is 0 Å². The summed E-state index contributed by atoms with van der Waals surface area (Å²) in [5.74, 6) is -0.336. The highest BCUT2D eigenvalue weighted by atomic mass is 16.4. The fraction of sp³-hybridized carbons (Fsp3) is 0.857. The summed E-state index contributed by atoms with van der Waals surface area (Å²) in [5, 5.41) is 11.8. The van der Waals surface area contributed by atoms with E-state index in [4.69, 9.17) is 5.11 Å². The third-order valence-corrected chi connectivity index (χ3v) is 3.46. The predicted molar refractivity (Wildman–Crippen MR) is 74.0 cm³/mol. The SMILES string of the molecule is CC(C)CCN(C(=O)NCC(C)(C)C(=O)O)C1CC1. The van der Waals surface area contributed by atoms with Crippen molar-refractivity contribution in [1.82, 2.24) is 10.2 Å². The van der Waals surface area contributed by atoms with E-state index < -0.39 is 11.4 Å². The maximum atomic E-state index is 12.1. The van der Waals surface area contributed by atoms with Gasteiger partial charge in [0.15, 0.2) is 0 Å². The molecular weight excluding hydrogens is 244 g/mol. The second kappa shape index (κ2) is 6.26. The van der Waals surface area contributed by atoms with Gasteiger partial charge in [-0.3, -0.25) is 4.79 Å². The number of carboxylic acids is 1. The Kier molecular flexibility index (Phi) is 5.20. The lowest BCUT2D eigenvalue weighted by Gasteiger charge is -2.26. The number of rotatable bonds is 7. The number of nitrogens with one attached hydrogen (secondary N) is 1. The van der Waals surface area contributed by atoms with Crippen molar-refractivity contribution >= 4 is 12.0 Å². The molecule has 1 aliphatic rings. The molecule has 5 heteroatoms. The zero-order valence-electron chi connectivity index (χ0n) is 12.4. The van der Waals surface area contributed by atoms with E-state index in [0.29, 0.717) is 12.0 Å². The quantitative estimate of drug-likeness (QED) is 0.746. The summed E-state index contributed by atoms with van der Waals surface area (Å²) in [6.45, 7) is 8.41. The molecule has 5 nitrogen and oxygen atoms in total. The van der Waals surface area contributed by atoms with Gasteiger partial charge in [0.25, 0.3) is 0 Å². The first-order chi connectivity index (χ1) is 8.74. The summed E-state index contributed by atoms with van der Waals surface area (Å²) >= 11 is 0. The van der Waals surface area contributed by atoms with Crippen LogP contribution in [0, 0.1) is 11.3 Å². The van der Waals surface area contributed by atoms with Crippen LogP contribution in [0.5, 0.6) is 0 Å². The van der Waals surface area contributed by atoms with Crippen molar-refractivity contribution in [3.63, 3.8) is 0 Å². The minimum Gasteiger partial charge on any atom is -0.481 e. The number of carbonyl (C=O) groups excluding carboxylic acids is 1. The molecule has 110 valence electrons. The Bertz CT molecular complexity index is 336. The topological polar surface area (TPSA) is 69.6 Å². The first kappa shape index (κ1) is 15.8. The summed E-state index contributed by atoms with van der Waals surface area (Å²) in [6.07, 6.45) is 3.11. The molecule has 1 rings (SSSR count). The molecule has 2 N–H and O–H groups in total. The van der Waals surface area contributed by atoms with Crippen LogP contribution in [0.3, 0.4) is 0 Å². The van der Waals surface area contributed by atoms with E-state index in [9.17, 15) is 9.59 Å². The van der Waals surface area contributed by atoms with Crippen LogP contribution < -0.4 is 5.32 Å². The van der Waals surface area contributed by atoms with Crippen LogP contribution in [0.4, 0.5) is 4.79 Å². The molecule has 2 amide bonds. The second-order valence-electron chi connectivity index (χ2n) is 6.45. The largest absolute Gasteiger partial charge is 0.481 e. The van der Waals surface area contributed by atoms with Crippen molar-refractivity contribution < 1.29 is 14.7 Å². The number of carbonyl (C=O) groups is 2. The molecule has 0 radical (unpaired) electrons. The molecule has 1 aliphatic carbocycles. The van der Waals surface area contributed by atoms with Crippen LogP contribution >= 0.6 is 0 Å². The Morgan fingerprint density at radius 3 is 2.37 bits per heavy atom. The minimum atomic E-state index is -0.928. The minimum absolute atomic E-state index is 0.127. The van der Waals surface area contributed by atoms with Crippen molar-refractivity contribution in [3.05, 3.63) is 0 Å². The molecule has 0 aromatic carbocycles. The molecule has 0 saturated heterocycles. The molecule has 19 heavy (non-hydrogen) atoms. The Labute approximate surface area is 115 Å². The Balaban J connectivity index is 2.46. The van der Waals surface area contributed by atoms with E-state index in [1.165, 1.54) is 0 Å². The zero-order chi connectivity index (χ0) is 14.6. The fourth-order valence-corrected chi connectivity index (χ4v) is 1.71. The highest BCUT2D eigenvalue weighted by Crippen LogP contribution is 2.27. The van der Waals surface area contributed by atoms with Gasteiger partial charge in [0.1, 0.15) is 0 Å².